The maximum atomic E-state index is 12.5. The summed E-state index contributed by atoms with van der Waals surface area (Å²) >= 11 is 0. The zero-order valence-corrected chi connectivity index (χ0v) is 20.8. The molecule has 1 aliphatic rings. The molecule has 0 spiro atoms. The quantitative estimate of drug-likeness (QED) is 0.301. The van der Waals surface area contributed by atoms with Crippen LogP contribution in [0.15, 0.2) is 23.2 Å². The molecular weight excluding hydrogens is 505 g/mol. The van der Waals surface area contributed by atoms with Crippen molar-refractivity contribution in [3.8, 4) is 11.5 Å². The Morgan fingerprint density at radius 1 is 1.20 bits per heavy atom. The lowest BCUT2D eigenvalue weighted by molar-refractivity contribution is 0.0744. The van der Waals surface area contributed by atoms with Crippen LogP contribution in [0.2, 0.25) is 0 Å². The molecule has 9 heteroatoms. The standard InChI is InChI=1S/C21H34F2N4O2.HI/c1-21(2,15-6-7-17(28-4)18(12-15)29-5)14-25-20(24-3)26-16-8-10-27(11-9-16)13-19(22)23;/h6-7,12,16,19H,8-11,13-14H2,1-5H3,(H2,24,25,26);1H. The number of likely N-dealkylation sites (tertiary alicyclic amines) is 1. The Kier molecular flexibility index (Phi) is 11.1. The van der Waals surface area contributed by atoms with Crippen LogP contribution in [0, 0.1) is 0 Å². The van der Waals surface area contributed by atoms with E-state index in [1.54, 1.807) is 21.3 Å². The fraction of sp³-hybridized carbons (Fsp3) is 0.667. The van der Waals surface area contributed by atoms with Gasteiger partial charge in [-0.3, -0.25) is 9.89 Å². The second-order valence-electron chi connectivity index (χ2n) is 7.99. The molecule has 0 unspecified atom stereocenters. The molecule has 0 atom stereocenters. The van der Waals surface area contributed by atoms with Crippen LogP contribution in [0.4, 0.5) is 8.78 Å². The lowest BCUT2D eigenvalue weighted by Gasteiger charge is -2.33. The van der Waals surface area contributed by atoms with Crippen molar-refractivity contribution in [3.05, 3.63) is 23.8 Å². The Balaban J connectivity index is 0.00000450. The summed E-state index contributed by atoms with van der Waals surface area (Å²) < 4.78 is 35.8. The fourth-order valence-corrected chi connectivity index (χ4v) is 3.51. The maximum absolute atomic E-state index is 12.5. The average Bonchev–Trinajstić information content (AvgIpc) is 2.71. The highest BCUT2D eigenvalue weighted by atomic mass is 127. The number of nitrogens with one attached hydrogen (secondary N) is 2. The molecule has 1 saturated heterocycles. The molecule has 1 aromatic rings. The van der Waals surface area contributed by atoms with Crippen LogP contribution in [0.5, 0.6) is 11.5 Å². The number of guanidine groups is 1. The topological polar surface area (TPSA) is 58.1 Å². The largest absolute Gasteiger partial charge is 0.493 e. The number of nitrogens with zero attached hydrogens (tertiary/aromatic N) is 2. The molecule has 1 aliphatic heterocycles. The molecule has 172 valence electrons. The van der Waals surface area contributed by atoms with Crippen molar-refractivity contribution >= 4 is 29.9 Å². The van der Waals surface area contributed by atoms with E-state index in [0.717, 1.165) is 24.4 Å². The number of ether oxygens (including phenoxy) is 2. The second-order valence-corrected chi connectivity index (χ2v) is 7.99. The highest BCUT2D eigenvalue weighted by Gasteiger charge is 2.25. The monoisotopic (exact) mass is 540 g/mol. The van der Waals surface area contributed by atoms with Gasteiger partial charge >= 0.3 is 0 Å². The highest BCUT2D eigenvalue weighted by Crippen LogP contribution is 2.32. The Bertz CT molecular complexity index is 681. The summed E-state index contributed by atoms with van der Waals surface area (Å²) in [6, 6.07) is 6.18. The van der Waals surface area contributed by atoms with E-state index in [4.69, 9.17) is 9.47 Å². The van der Waals surface area contributed by atoms with E-state index in [2.05, 4.69) is 29.5 Å². The molecular formula is C21H35F2IN4O2. The van der Waals surface area contributed by atoms with Crippen molar-refractivity contribution in [2.45, 2.75) is 44.6 Å². The molecule has 0 aromatic heterocycles. The average molecular weight is 540 g/mol. The molecule has 1 fully saturated rings. The van der Waals surface area contributed by atoms with Crippen molar-refractivity contribution in [2.24, 2.45) is 4.99 Å². The van der Waals surface area contributed by atoms with Gasteiger partial charge < -0.3 is 20.1 Å². The number of hydrogen-bond donors (Lipinski definition) is 2. The summed E-state index contributed by atoms with van der Waals surface area (Å²) in [7, 11) is 4.99. The first-order valence-electron chi connectivity index (χ1n) is 9.99. The number of halogens is 3. The first-order chi connectivity index (χ1) is 13.8. The van der Waals surface area contributed by atoms with Gasteiger partial charge in [0.15, 0.2) is 17.5 Å². The number of aliphatic imine (C=N–C) groups is 1. The molecule has 0 bridgehead atoms. The lowest BCUT2D eigenvalue weighted by atomic mass is 9.84. The molecule has 2 rings (SSSR count). The fourth-order valence-electron chi connectivity index (χ4n) is 3.51. The van der Waals surface area contributed by atoms with Crippen molar-refractivity contribution in [1.29, 1.82) is 0 Å². The summed E-state index contributed by atoms with van der Waals surface area (Å²) in [6.07, 6.45) is -0.619. The van der Waals surface area contributed by atoms with Crippen molar-refractivity contribution in [2.75, 3.05) is 47.4 Å². The van der Waals surface area contributed by atoms with Gasteiger partial charge in [0, 0.05) is 38.1 Å². The van der Waals surface area contributed by atoms with Crippen LogP contribution in [0.25, 0.3) is 0 Å². The van der Waals surface area contributed by atoms with E-state index < -0.39 is 6.43 Å². The predicted octanol–water partition coefficient (Wildman–Crippen LogP) is 3.49. The van der Waals surface area contributed by atoms with E-state index in [1.807, 2.05) is 23.1 Å². The lowest BCUT2D eigenvalue weighted by Crippen LogP contribution is -2.51. The van der Waals surface area contributed by atoms with Crippen molar-refractivity contribution < 1.29 is 18.3 Å². The molecule has 0 radical (unpaired) electrons. The van der Waals surface area contributed by atoms with Crippen molar-refractivity contribution in [3.63, 3.8) is 0 Å². The summed E-state index contributed by atoms with van der Waals surface area (Å²) in [5, 5.41) is 6.82. The first kappa shape index (κ1) is 26.7. The number of piperidine rings is 1. The molecule has 2 N–H and O–H groups in total. The minimum absolute atomic E-state index is 0. The molecule has 0 amide bonds. The Morgan fingerprint density at radius 2 is 1.83 bits per heavy atom. The summed E-state index contributed by atoms with van der Waals surface area (Å²) in [6.45, 7) is 6.19. The third-order valence-electron chi connectivity index (χ3n) is 5.41. The predicted molar refractivity (Wildman–Crippen MR) is 128 cm³/mol. The third-order valence-corrected chi connectivity index (χ3v) is 5.41. The van der Waals surface area contributed by atoms with Gasteiger partial charge in [0.25, 0.3) is 6.43 Å². The maximum Gasteiger partial charge on any atom is 0.251 e. The van der Waals surface area contributed by atoms with Crippen LogP contribution in [-0.4, -0.2) is 70.8 Å². The third kappa shape index (κ3) is 7.72. The van der Waals surface area contributed by atoms with E-state index in [9.17, 15) is 8.78 Å². The SMILES string of the molecule is CN=C(NCC(C)(C)c1ccc(OC)c(OC)c1)NC1CCN(CC(F)F)CC1.I. The Labute approximate surface area is 195 Å². The molecule has 0 saturated carbocycles. The summed E-state index contributed by atoms with van der Waals surface area (Å²) in [4.78, 5) is 6.14. The van der Waals surface area contributed by atoms with Gasteiger partial charge in [-0.1, -0.05) is 19.9 Å². The highest BCUT2D eigenvalue weighted by molar-refractivity contribution is 14.0. The van der Waals surface area contributed by atoms with Crippen LogP contribution in [0.3, 0.4) is 0 Å². The second kappa shape index (κ2) is 12.5. The Hall–Kier alpha value is -1.36. The van der Waals surface area contributed by atoms with Crippen LogP contribution >= 0.6 is 24.0 Å². The van der Waals surface area contributed by atoms with Gasteiger partial charge in [-0.25, -0.2) is 8.78 Å². The molecule has 1 heterocycles. The van der Waals surface area contributed by atoms with Crippen LogP contribution in [0.1, 0.15) is 32.3 Å². The minimum Gasteiger partial charge on any atom is -0.493 e. The molecule has 6 nitrogen and oxygen atoms in total. The van der Waals surface area contributed by atoms with Crippen LogP contribution < -0.4 is 20.1 Å². The number of alkyl halides is 2. The van der Waals surface area contributed by atoms with Crippen LogP contribution in [-0.2, 0) is 5.41 Å². The molecule has 0 aliphatic carbocycles. The normalized spacial score (nSPS) is 16.2. The van der Waals surface area contributed by atoms with Gasteiger partial charge in [0.2, 0.25) is 0 Å². The van der Waals surface area contributed by atoms with E-state index in [0.29, 0.717) is 31.1 Å². The number of hydrogen-bond acceptors (Lipinski definition) is 4. The van der Waals surface area contributed by atoms with E-state index in [-0.39, 0.29) is 42.0 Å². The van der Waals surface area contributed by atoms with E-state index in [1.165, 1.54) is 0 Å². The zero-order valence-electron chi connectivity index (χ0n) is 18.5. The van der Waals surface area contributed by atoms with Gasteiger partial charge in [-0.15, -0.1) is 24.0 Å². The molecule has 30 heavy (non-hydrogen) atoms. The number of benzene rings is 1. The Morgan fingerprint density at radius 3 is 2.37 bits per heavy atom. The van der Waals surface area contributed by atoms with Gasteiger partial charge in [-0.2, -0.15) is 0 Å². The summed E-state index contributed by atoms with van der Waals surface area (Å²) in [5.41, 5.74) is 0.955. The zero-order chi connectivity index (χ0) is 21.4. The van der Waals surface area contributed by atoms with Gasteiger partial charge in [-0.05, 0) is 30.5 Å². The van der Waals surface area contributed by atoms with Crippen molar-refractivity contribution in [1.82, 2.24) is 15.5 Å². The van der Waals surface area contributed by atoms with Gasteiger partial charge in [0.05, 0.1) is 20.8 Å². The minimum atomic E-state index is -2.27. The number of methoxy groups -OCH3 is 2. The van der Waals surface area contributed by atoms with E-state index >= 15 is 0 Å². The smallest absolute Gasteiger partial charge is 0.251 e. The number of rotatable bonds is 8. The first-order valence-corrected chi connectivity index (χ1v) is 9.99. The van der Waals surface area contributed by atoms with Gasteiger partial charge in [0.1, 0.15) is 0 Å². The molecule has 1 aromatic carbocycles. The summed E-state index contributed by atoms with van der Waals surface area (Å²) in [5.74, 6) is 2.14.